The number of carboxylic acid groups (broad SMARTS) is 1. The summed E-state index contributed by atoms with van der Waals surface area (Å²) in [5, 5.41) is 18.9. The number of amides is 1. The van der Waals surface area contributed by atoms with Crippen LogP contribution < -0.4 is 5.32 Å². The molecular weight excluding hydrogens is 272 g/mol. The molecule has 0 radical (unpaired) electrons. The maximum atomic E-state index is 12.1. The van der Waals surface area contributed by atoms with Crippen molar-refractivity contribution >= 4 is 11.9 Å². The Bertz CT molecular complexity index is 677. The molecule has 2 N–H and O–H groups in total. The zero-order valence-electron chi connectivity index (χ0n) is 11.2. The lowest BCUT2D eigenvalue weighted by Crippen LogP contribution is -2.37. The Balaban J connectivity index is 1.65. The molecule has 1 heterocycles. The number of benzene rings is 1. The highest BCUT2D eigenvalue weighted by Crippen LogP contribution is 2.45. The molecule has 21 heavy (non-hydrogen) atoms. The number of nitrogens with one attached hydrogen (secondary N) is 1. The van der Waals surface area contributed by atoms with E-state index in [1.54, 1.807) is 0 Å². The first-order valence-corrected chi connectivity index (χ1v) is 6.59. The number of aromatic carboxylic acids is 1. The van der Waals surface area contributed by atoms with Gasteiger partial charge in [0.05, 0.1) is 11.7 Å². The second kappa shape index (κ2) is 5.01. The fourth-order valence-corrected chi connectivity index (χ4v) is 2.30. The Kier molecular flexibility index (Phi) is 3.17. The van der Waals surface area contributed by atoms with E-state index in [2.05, 4.69) is 15.6 Å². The predicted octanol–water partition coefficient (Wildman–Crippen LogP) is 0.782. The zero-order chi connectivity index (χ0) is 14.9. The van der Waals surface area contributed by atoms with E-state index < -0.39 is 5.97 Å². The SMILES string of the molecule is O=C(Cn1cc(C(=O)O)nn1)NC1(c2ccccc2)CC1. The summed E-state index contributed by atoms with van der Waals surface area (Å²) >= 11 is 0. The highest BCUT2D eigenvalue weighted by atomic mass is 16.4. The molecule has 0 bridgehead atoms. The lowest BCUT2D eigenvalue weighted by atomic mass is 10.1. The predicted molar refractivity (Wildman–Crippen MR) is 72.5 cm³/mol. The summed E-state index contributed by atoms with van der Waals surface area (Å²) < 4.78 is 1.22. The van der Waals surface area contributed by atoms with Gasteiger partial charge in [-0.05, 0) is 18.4 Å². The van der Waals surface area contributed by atoms with Gasteiger partial charge >= 0.3 is 5.97 Å². The third-order valence-corrected chi connectivity index (χ3v) is 3.52. The van der Waals surface area contributed by atoms with Gasteiger partial charge in [0, 0.05) is 0 Å². The monoisotopic (exact) mass is 286 g/mol. The zero-order valence-corrected chi connectivity index (χ0v) is 11.2. The van der Waals surface area contributed by atoms with Crippen LogP contribution in [0, 0.1) is 0 Å². The van der Waals surface area contributed by atoms with Crippen molar-refractivity contribution in [2.24, 2.45) is 0 Å². The Morgan fingerprint density at radius 1 is 1.29 bits per heavy atom. The van der Waals surface area contributed by atoms with E-state index in [4.69, 9.17) is 5.11 Å². The number of rotatable bonds is 5. The molecule has 7 heteroatoms. The number of hydrogen-bond donors (Lipinski definition) is 2. The summed E-state index contributed by atoms with van der Waals surface area (Å²) in [6.07, 6.45) is 3.05. The third-order valence-electron chi connectivity index (χ3n) is 3.52. The van der Waals surface area contributed by atoms with Crippen LogP contribution in [0.3, 0.4) is 0 Å². The van der Waals surface area contributed by atoms with Crippen molar-refractivity contribution < 1.29 is 14.7 Å². The van der Waals surface area contributed by atoms with Gasteiger partial charge in [0.15, 0.2) is 5.69 Å². The van der Waals surface area contributed by atoms with Crippen molar-refractivity contribution in [3.8, 4) is 0 Å². The van der Waals surface area contributed by atoms with Crippen LogP contribution in [0.4, 0.5) is 0 Å². The first kappa shape index (κ1) is 13.3. The smallest absolute Gasteiger partial charge is 0.358 e. The van der Waals surface area contributed by atoms with Crippen molar-refractivity contribution in [3.05, 3.63) is 47.8 Å². The van der Waals surface area contributed by atoms with Crippen LogP contribution in [0.25, 0.3) is 0 Å². The van der Waals surface area contributed by atoms with Gasteiger partial charge in [-0.15, -0.1) is 5.10 Å². The molecule has 1 aliphatic rings. The number of carbonyl (C=O) groups is 2. The van der Waals surface area contributed by atoms with Gasteiger partial charge in [0.1, 0.15) is 6.54 Å². The number of carbonyl (C=O) groups excluding carboxylic acids is 1. The summed E-state index contributed by atoms with van der Waals surface area (Å²) in [5.74, 6) is -1.37. The number of aromatic nitrogens is 3. The third kappa shape index (κ3) is 2.76. The molecule has 0 aliphatic heterocycles. The lowest BCUT2D eigenvalue weighted by molar-refractivity contribution is -0.122. The van der Waals surface area contributed by atoms with Crippen LogP contribution in [-0.2, 0) is 16.9 Å². The van der Waals surface area contributed by atoms with Crippen LogP contribution in [0.1, 0.15) is 28.9 Å². The maximum absolute atomic E-state index is 12.1. The first-order chi connectivity index (χ1) is 10.1. The van der Waals surface area contributed by atoms with Crippen molar-refractivity contribution in [3.63, 3.8) is 0 Å². The van der Waals surface area contributed by atoms with E-state index in [9.17, 15) is 9.59 Å². The molecule has 1 amide bonds. The summed E-state index contributed by atoms with van der Waals surface area (Å²) in [6, 6.07) is 9.80. The minimum absolute atomic E-state index is 0.0468. The normalized spacial score (nSPS) is 15.4. The van der Waals surface area contributed by atoms with Crippen LogP contribution in [-0.4, -0.2) is 32.0 Å². The molecule has 1 fully saturated rings. The highest BCUT2D eigenvalue weighted by molar-refractivity contribution is 5.85. The van der Waals surface area contributed by atoms with Gasteiger partial charge in [-0.2, -0.15) is 0 Å². The van der Waals surface area contributed by atoms with Crippen molar-refractivity contribution in [1.82, 2.24) is 20.3 Å². The minimum Gasteiger partial charge on any atom is -0.476 e. The molecule has 0 unspecified atom stereocenters. The number of nitrogens with zero attached hydrogens (tertiary/aromatic N) is 3. The molecule has 1 aromatic carbocycles. The first-order valence-electron chi connectivity index (χ1n) is 6.59. The highest BCUT2D eigenvalue weighted by Gasteiger charge is 2.45. The molecule has 0 saturated heterocycles. The number of carboxylic acids is 1. The second-order valence-electron chi connectivity index (χ2n) is 5.10. The molecule has 0 atom stereocenters. The van der Waals surface area contributed by atoms with E-state index in [0.29, 0.717) is 0 Å². The standard InChI is InChI=1S/C14H14N4O3/c19-12(9-18-8-11(13(20)21)16-17-18)15-14(6-7-14)10-4-2-1-3-5-10/h1-5,8H,6-7,9H2,(H,15,19)(H,20,21). The van der Waals surface area contributed by atoms with Gasteiger partial charge in [-0.1, -0.05) is 35.5 Å². The van der Waals surface area contributed by atoms with E-state index in [0.717, 1.165) is 18.4 Å². The average Bonchev–Trinajstić information content (AvgIpc) is 3.09. The molecule has 108 valence electrons. The summed E-state index contributed by atoms with van der Waals surface area (Å²) in [5.41, 5.74) is 0.629. The molecule has 7 nitrogen and oxygen atoms in total. The van der Waals surface area contributed by atoms with Gasteiger partial charge in [-0.25, -0.2) is 9.48 Å². The number of hydrogen-bond acceptors (Lipinski definition) is 4. The fraction of sp³-hybridized carbons (Fsp3) is 0.286. The Morgan fingerprint density at radius 2 is 2.00 bits per heavy atom. The maximum Gasteiger partial charge on any atom is 0.358 e. The average molecular weight is 286 g/mol. The van der Waals surface area contributed by atoms with Crippen LogP contribution in [0.5, 0.6) is 0 Å². The topological polar surface area (TPSA) is 97.1 Å². The molecule has 2 aromatic rings. The molecule has 1 saturated carbocycles. The van der Waals surface area contributed by atoms with E-state index in [1.165, 1.54) is 10.9 Å². The van der Waals surface area contributed by atoms with Crippen molar-refractivity contribution in [2.45, 2.75) is 24.9 Å². The largest absolute Gasteiger partial charge is 0.476 e. The minimum atomic E-state index is -1.16. The molecule has 3 rings (SSSR count). The quantitative estimate of drug-likeness (QED) is 0.846. The van der Waals surface area contributed by atoms with E-state index in [-0.39, 0.29) is 23.7 Å². The van der Waals surface area contributed by atoms with E-state index >= 15 is 0 Å². The second-order valence-corrected chi connectivity index (χ2v) is 5.10. The summed E-state index contributed by atoms with van der Waals surface area (Å²) in [7, 11) is 0. The van der Waals surface area contributed by atoms with Crippen molar-refractivity contribution in [1.29, 1.82) is 0 Å². The van der Waals surface area contributed by atoms with Gasteiger partial charge in [0.25, 0.3) is 0 Å². The van der Waals surface area contributed by atoms with Crippen LogP contribution >= 0.6 is 0 Å². The lowest BCUT2D eigenvalue weighted by Gasteiger charge is -2.17. The van der Waals surface area contributed by atoms with Crippen LogP contribution in [0.2, 0.25) is 0 Å². The Hall–Kier alpha value is -2.70. The summed E-state index contributed by atoms with van der Waals surface area (Å²) in [4.78, 5) is 22.8. The molecule has 1 aromatic heterocycles. The molecule has 1 aliphatic carbocycles. The van der Waals surface area contributed by atoms with Crippen molar-refractivity contribution in [2.75, 3.05) is 0 Å². The Morgan fingerprint density at radius 3 is 2.57 bits per heavy atom. The molecule has 0 spiro atoms. The van der Waals surface area contributed by atoms with E-state index in [1.807, 2.05) is 30.3 Å². The fourth-order valence-electron chi connectivity index (χ4n) is 2.30. The Labute approximate surface area is 120 Å². The summed E-state index contributed by atoms with van der Waals surface area (Å²) in [6.45, 7) is -0.0468. The molecular formula is C14H14N4O3. The van der Waals surface area contributed by atoms with Gasteiger partial charge in [-0.3, -0.25) is 4.79 Å². The van der Waals surface area contributed by atoms with Crippen LogP contribution in [0.15, 0.2) is 36.5 Å². The van der Waals surface area contributed by atoms with Gasteiger partial charge in [0.2, 0.25) is 5.91 Å². The van der Waals surface area contributed by atoms with Gasteiger partial charge < -0.3 is 10.4 Å².